The van der Waals surface area contributed by atoms with Crippen molar-refractivity contribution in [3.05, 3.63) is 0 Å². The monoisotopic (exact) mass is 312 g/mol. The second kappa shape index (κ2) is 12.1. The average molecular weight is 313 g/mol. The van der Waals surface area contributed by atoms with Crippen molar-refractivity contribution in [2.75, 3.05) is 13.1 Å². The summed E-state index contributed by atoms with van der Waals surface area (Å²) in [5, 5.41) is 3.54. The van der Waals surface area contributed by atoms with Crippen LogP contribution in [0.4, 0.5) is 0 Å². The minimum Gasteiger partial charge on any atom is -0.305 e. The summed E-state index contributed by atoms with van der Waals surface area (Å²) in [6.45, 7) is 17.5. The molecule has 0 rings (SSSR count). The summed E-state index contributed by atoms with van der Waals surface area (Å²) in [4.78, 5) is 15.0. The predicted octanol–water partition coefficient (Wildman–Crippen LogP) is 4.26. The van der Waals surface area contributed by atoms with E-state index < -0.39 is 0 Å². The van der Waals surface area contributed by atoms with Gasteiger partial charge in [0, 0.05) is 18.0 Å². The van der Waals surface area contributed by atoms with Crippen LogP contribution < -0.4 is 5.32 Å². The van der Waals surface area contributed by atoms with E-state index in [-0.39, 0.29) is 12.0 Å². The molecule has 3 nitrogen and oxygen atoms in total. The molecule has 0 aliphatic heterocycles. The highest BCUT2D eigenvalue weighted by Gasteiger charge is 2.23. The molecule has 0 fully saturated rings. The molecule has 0 amide bonds. The molecular weight excluding hydrogens is 272 g/mol. The molecule has 0 spiro atoms. The van der Waals surface area contributed by atoms with Crippen LogP contribution in [-0.2, 0) is 4.79 Å². The van der Waals surface area contributed by atoms with Gasteiger partial charge >= 0.3 is 0 Å². The van der Waals surface area contributed by atoms with Crippen LogP contribution >= 0.6 is 0 Å². The smallest absolute Gasteiger partial charge is 0.152 e. The van der Waals surface area contributed by atoms with E-state index in [0.717, 1.165) is 38.8 Å². The Kier molecular flexibility index (Phi) is 11.8. The second-order valence-corrected chi connectivity index (χ2v) is 6.96. The van der Waals surface area contributed by atoms with Crippen molar-refractivity contribution in [1.82, 2.24) is 10.2 Å². The van der Waals surface area contributed by atoms with E-state index in [4.69, 9.17) is 0 Å². The number of carbonyl (C=O) groups excluding carboxylic acids is 1. The first kappa shape index (κ1) is 21.6. The number of ketones is 1. The Hall–Kier alpha value is -0.410. The Bertz CT molecular complexity index is 291. The lowest BCUT2D eigenvalue weighted by Crippen LogP contribution is -2.44. The van der Waals surface area contributed by atoms with Crippen LogP contribution in [0.15, 0.2) is 0 Å². The molecular formula is C19H40N2O. The molecule has 0 saturated carbocycles. The van der Waals surface area contributed by atoms with Crippen LogP contribution in [0.1, 0.15) is 80.6 Å². The first-order chi connectivity index (χ1) is 10.4. The molecule has 0 aromatic carbocycles. The van der Waals surface area contributed by atoms with E-state index in [1.165, 1.54) is 6.42 Å². The molecule has 0 saturated heterocycles. The third-order valence-electron chi connectivity index (χ3n) is 4.86. The number of hydrogen-bond acceptors (Lipinski definition) is 3. The number of nitrogens with one attached hydrogen (secondary N) is 1. The van der Waals surface area contributed by atoms with Gasteiger partial charge in [-0.1, -0.05) is 34.1 Å². The van der Waals surface area contributed by atoms with Gasteiger partial charge in [-0.05, 0) is 59.5 Å². The average Bonchev–Trinajstić information content (AvgIpc) is 2.51. The fourth-order valence-electron chi connectivity index (χ4n) is 2.76. The Morgan fingerprint density at radius 1 is 1.00 bits per heavy atom. The van der Waals surface area contributed by atoms with Crippen LogP contribution in [-0.4, -0.2) is 41.9 Å². The van der Waals surface area contributed by atoms with Gasteiger partial charge in [-0.3, -0.25) is 4.79 Å². The van der Waals surface area contributed by atoms with Crippen molar-refractivity contribution in [2.24, 2.45) is 5.92 Å². The molecule has 0 aliphatic carbocycles. The summed E-state index contributed by atoms with van der Waals surface area (Å²) in [6.07, 6.45) is 5.29. The molecule has 0 aliphatic rings. The molecule has 22 heavy (non-hydrogen) atoms. The number of unbranched alkanes of at least 4 members (excludes halogenated alkanes) is 1. The zero-order chi connectivity index (χ0) is 17.1. The Labute approximate surface area is 139 Å². The van der Waals surface area contributed by atoms with Crippen LogP contribution in [0, 0.1) is 5.92 Å². The van der Waals surface area contributed by atoms with Gasteiger partial charge in [-0.2, -0.15) is 0 Å². The molecule has 0 aromatic heterocycles. The second-order valence-electron chi connectivity index (χ2n) is 6.96. The van der Waals surface area contributed by atoms with E-state index >= 15 is 0 Å². The maximum Gasteiger partial charge on any atom is 0.152 e. The summed E-state index contributed by atoms with van der Waals surface area (Å²) in [5.41, 5.74) is 0. The molecule has 0 aromatic rings. The van der Waals surface area contributed by atoms with E-state index in [0.29, 0.717) is 17.9 Å². The largest absolute Gasteiger partial charge is 0.305 e. The van der Waals surface area contributed by atoms with Gasteiger partial charge in [0.15, 0.2) is 5.78 Å². The molecule has 0 bridgehead atoms. The third kappa shape index (κ3) is 8.28. The number of nitrogens with zero attached hydrogens (tertiary/aromatic N) is 1. The fourth-order valence-corrected chi connectivity index (χ4v) is 2.76. The molecule has 132 valence electrons. The maximum absolute atomic E-state index is 12.5. The zero-order valence-corrected chi connectivity index (χ0v) is 16.1. The quantitative estimate of drug-likeness (QED) is 0.516. The minimum absolute atomic E-state index is 0.0408. The lowest BCUT2D eigenvalue weighted by Gasteiger charge is -2.26. The minimum atomic E-state index is 0.0408. The third-order valence-corrected chi connectivity index (χ3v) is 4.86. The molecule has 0 radical (unpaired) electrons. The maximum atomic E-state index is 12.5. The first-order valence-electron chi connectivity index (χ1n) is 9.40. The number of rotatable bonds is 13. The number of Topliss-reactive ketones (excluding diaryl/α,β-unsaturated/α-hetero) is 1. The van der Waals surface area contributed by atoms with Gasteiger partial charge < -0.3 is 10.2 Å². The van der Waals surface area contributed by atoms with Crippen molar-refractivity contribution >= 4 is 5.78 Å². The highest BCUT2D eigenvalue weighted by atomic mass is 16.1. The number of carbonyl (C=O) groups is 1. The molecule has 3 atom stereocenters. The van der Waals surface area contributed by atoms with E-state index in [2.05, 4.69) is 58.7 Å². The molecule has 1 N–H and O–H groups in total. The Morgan fingerprint density at radius 3 is 2.09 bits per heavy atom. The summed E-state index contributed by atoms with van der Waals surface area (Å²) in [7, 11) is 0. The van der Waals surface area contributed by atoms with Gasteiger partial charge in [0.05, 0.1) is 6.04 Å². The van der Waals surface area contributed by atoms with E-state index in [1.807, 2.05) is 0 Å². The molecule has 3 unspecified atom stereocenters. The summed E-state index contributed by atoms with van der Waals surface area (Å²) in [5.74, 6) is 0.573. The molecule has 0 heterocycles. The highest BCUT2D eigenvalue weighted by molar-refractivity contribution is 5.85. The lowest BCUT2D eigenvalue weighted by molar-refractivity contribution is -0.125. The van der Waals surface area contributed by atoms with Gasteiger partial charge in [0.1, 0.15) is 0 Å². The van der Waals surface area contributed by atoms with Crippen molar-refractivity contribution in [3.63, 3.8) is 0 Å². The van der Waals surface area contributed by atoms with Crippen molar-refractivity contribution in [3.8, 4) is 0 Å². The van der Waals surface area contributed by atoms with E-state index in [1.54, 1.807) is 0 Å². The van der Waals surface area contributed by atoms with Gasteiger partial charge in [0.2, 0.25) is 0 Å². The standard InChI is InChI=1S/C19H40N2O/c1-8-16(6)19(22)18(20-17(7)9-2)13-11-12-14-21(10-3)15(4)5/h15-18,20H,8-14H2,1-7H3. The van der Waals surface area contributed by atoms with Gasteiger partial charge in [0.25, 0.3) is 0 Å². The van der Waals surface area contributed by atoms with Crippen LogP contribution in [0.5, 0.6) is 0 Å². The summed E-state index contributed by atoms with van der Waals surface area (Å²) < 4.78 is 0. The van der Waals surface area contributed by atoms with Crippen LogP contribution in [0.25, 0.3) is 0 Å². The summed E-state index contributed by atoms with van der Waals surface area (Å²) in [6, 6.07) is 1.07. The van der Waals surface area contributed by atoms with Crippen molar-refractivity contribution in [2.45, 2.75) is 98.7 Å². The van der Waals surface area contributed by atoms with Gasteiger partial charge in [-0.15, -0.1) is 0 Å². The Balaban J connectivity index is 4.37. The predicted molar refractivity (Wildman–Crippen MR) is 97.4 cm³/mol. The van der Waals surface area contributed by atoms with Crippen LogP contribution in [0.2, 0.25) is 0 Å². The first-order valence-corrected chi connectivity index (χ1v) is 9.40. The summed E-state index contributed by atoms with van der Waals surface area (Å²) >= 11 is 0. The molecule has 3 heteroatoms. The van der Waals surface area contributed by atoms with Crippen LogP contribution in [0.3, 0.4) is 0 Å². The van der Waals surface area contributed by atoms with Crippen molar-refractivity contribution < 1.29 is 4.79 Å². The van der Waals surface area contributed by atoms with Gasteiger partial charge in [-0.25, -0.2) is 0 Å². The SMILES string of the molecule is CCC(C)NC(CCCCN(CC)C(C)C)C(=O)C(C)CC. The Morgan fingerprint density at radius 2 is 1.64 bits per heavy atom. The van der Waals surface area contributed by atoms with Crippen molar-refractivity contribution in [1.29, 1.82) is 0 Å². The lowest BCUT2D eigenvalue weighted by atomic mass is 9.93. The van der Waals surface area contributed by atoms with E-state index in [9.17, 15) is 4.79 Å². The normalized spacial score (nSPS) is 16.0. The number of hydrogen-bond donors (Lipinski definition) is 1. The highest BCUT2D eigenvalue weighted by Crippen LogP contribution is 2.13. The topological polar surface area (TPSA) is 32.3 Å². The fraction of sp³-hybridized carbons (Fsp3) is 0.947. The zero-order valence-electron chi connectivity index (χ0n) is 16.1.